The first-order valence-corrected chi connectivity index (χ1v) is 2.78. The second kappa shape index (κ2) is 4.86. The predicted molar refractivity (Wildman–Crippen MR) is 28.1 cm³/mol. The summed E-state index contributed by atoms with van der Waals surface area (Å²) in [4.78, 5) is 0. The SMILES string of the molecule is OC1CCNCC1.[Y]. The molecule has 1 heterocycles. The number of rotatable bonds is 0. The molecule has 2 nitrogen and oxygen atoms in total. The summed E-state index contributed by atoms with van der Waals surface area (Å²) in [5.74, 6) is 0. The standard InChI is InChI=1S/C5H11NO.Y/c7-5-1-3-6-4-2-5;/h5-7H,1-4H2;. The van der Waals surface area contributed by atoms with E-state index in [1.807, 2.05) is 0 Å². The molecule has 1 aliphatic rings. The van der Waals surface area contributed by atoms with Gasteiger partial charge in [0.15, 0.2) is 0 Å². The van der Waals surface area contributed by atoms with E-state index >= 15 is 0 Å². The van der Waals surface area contributed by atoms with Gasteiger partial charge < -0.3 is 10.4 Å². The van der Waals surface area contributed by atoms with Crippen molar-refractivity contribution in [2.75, 3.05) is 13.1 Å². The van der Waals surface area contributed by atoms with Crippen molar-refractivity contribution in [3.63, 3.8) is 0 Å². The quantitative estimate of drug-likeness (QED) is 0.551. The molecule has 0 spiro atoms. The molecule has 1 rings (SSSR count). The third-order valence-electron chi connectivity index (χ3n) is 1.31. The molecule has 1 fully saturated rings. The Morgan fingerprint density at radius 1 is 1.25 bits per heavy atom. The van der Waals surface area contributed by atoms with Crippen LogP contribution >= 0.6 is 0 Å². The summed E-state index contributed by atoms with van der Waals surface area (Å²) in [6, 6.07) is 0. The second-order valence-corrected chi connectivity index (χ2v) is 1.98. The summed E-state index contributed by atoms with van der Waals surface area (Å²) < 4.78 is 0. The maximum Gasteiger partial charge on any atom is 0.0564 e. The van der Waals surface area contributed by atoms with Crippen LogP contribution in [0.15, 0.2) is 0 Å². The van der Waals surface area contributed by atoms with Crippen molar-refractivity contribution in [2.24, 2.45) is 0 Å². The molecular formula is C5H11NOY. The van der Waals surface area contributed by atoms with Gasteiger partial charge in [0.05, 0.1) is 6.10 Å². The Morgan fingerprint density at radius 2 is 1.75 bits per heavy atom. The third-order valence-corrected chi connectivity index (χ3v) is 1.31. The van der Waals surface area contributed by atoms with Gasteiger partial charge in [-0.15, -0.1) is 0 Å². The minimum Gasteiger partial charge on any atom is -0.393 e. The van der Waals surface area contributed by atoms with Crippen LogP contribution in [-0.2, 0) is 32.7 Å². The first-order valence-electron chi connectivity index (χ1n) is 2.78. The number of hydrogen-bond acceptors (Lipinski definition) is 2. The molecule has 0 unspecified atom stereocenters. The molecular weight excluding hydrogens is 179 g/mol. The molecule has 0 aromatic carbocycles. The van der Waals surface area contributed by atoms with Crippen molar-refractivity contribution < 1.29 is 37.8 Å². The molecule has 0 aromatic heterocycles. The molecule has 0 saturated carbocycles. The molecule has 3 heteroatoms. The largest absolute Gasteiger partial charge is 0.393 e. The number of nitrogens with one attached hydrogen (secondary N) is 1. The zero-order valence-electron chi connectivity index (χ0n) is 4.93. The molecule has 45 valence electrons. The van der Waals surface area contributed by atoms with Gasteiger partial charge in [-0.2, -0.15) is 0 Å². The Labute approximate surface area is 74.9 Å². The van der Waals surface area contributed by atoms with Gasteiger partial charge in [0.1, 0.15) is 0 Å². The van der Waals surface area contributed by atoms with E-state index < -0.39 is 0 Å². The summed E-state index contributed by atoms with van der Waals surface area (Å²) in [5.41, 5.74) is 0. The Morgan fingerprint density at radius 3 is 2.00 bits per heavy atom. The zero-order valence-corrected chi connectivity index (χ0v) is 7.77. The van der Waals surface area contributed by atoms with E-state index in [1.165, 1.54) is 0 Å². The molecule has 8 heavy (non-hydrogen) atoms. The average molecular weight is 190 g/mol. The number of aliphatic hydroxyl groups excluding tert-OH is 1. The van der Waals surface area contributed by atoms with E-state index in [-0.39, 0.29) is 38.8 Å². The molecule has 1 radical (unpaired) electrons. The summed E-state index contributed by atoms with van der Waals surface area (Å²) in [7, 11) is 0. The Hall–Kier alpha value is 1.02. The summed E-state index contributed by atoms with van der Waals surface area (Å²) in [6.45, 7) is 1.97. The minimum absolute atomic E-state index is 0. The Kier molecular flexibility index (Phi) is 5.48. The summed E-state index contributed by atoms with van der Waals surface area (Å²) in [5, 5.41) is 12.0. The Bertz CT molecular complexity index is 54.4. The van der Waals surface area contributed by atoms with Crippen LogP contribution in [0.5, 0.6) is 0 Å². The normalized spacial score (nSPS) is 22.1. The Balaban J connectivity index is 0.000000490. The smallest absolute Gasteiger partial charge is 0.0564 e. The van der Waals surface area contributed by atoms with Gasteiger partial charge in [0, 0.05) is 32.7 Å². The van der Waals surface area contributed by atoms with Gasteiger partial charge in [0.25, 0.3) is 0 Å². The maximum absolute atomic E-state index is 8.87. The average Bonchev–Trinajstić information content (AvgIpc) is 1.69. The van der Waals surface area contributed by atoms with Gasteiger partial charge in [-0.05, 0) is 25.9 Å². The van der Waals surface area contributed by atoms with Crippen LogP contribution in [-0.4, -0.2) is 24.3 Å². The molecule has 0 bridgehead atoms. The van der Waals surface area contributed by atoms with Crippen LogP contribution in [0.4, 0.5) is 0 Å². The van der Waals surface area contributed by atoms with Crippen LogP contribution in [0, 0.1) is 0 Å². The first kappa shape index (κ1) is 9.02. The van der Waals surface area contributed by atoms with E-state index in [9.17, 15) is 0 Å². The van der Waals surface area contributed by atoms with Gasteiger partial charge in [-0.3, -0.25) is 0 Å². The van der Waals surface area contributed by atoms with Crippen molar-refractivity contribution in [3.05, 3.63) is 0 Å². The predicted octanol–water partition coefficient (Wildman–Crippen LogP) is -0.272. The van der Waals surface area contributed by atoms with Gasteiger partial charge >= 0.3 is 0 Å². The molecule has 0 aliphatic carbocycles. The van der Waals surface area contributed by atoms with Crippen molar-refractivity contribution >= 4 is 0 Å². The van der Waals surface area contributed by atoms with Crippen molar-refractivity contribution in [2.45, 2.75) is 18.9 Å². The van der Waals surface area contributed by atoms with Crippen LogP contribution < -0.4 is 5.32 Å². The third kappa shape index (κ3) is 3.13. The number of piperidine rings is 1. The van der Waals surface area contributed by atoms with E-state index in [1.54, 1.807) is 0 Å². The molecule has 2 N–H and O–H groups in total. The second-order valence-electron chi connectivity index (χ2n) is 1.98. The molecule has 0 aromatic rings. The number of aliphatic hydroxyl groups is 1. The van der Waals surface area contributed by atoms with Crippen LogP contribution in [0.2, 0.25) is 0 Å². The molecule has 1 saturated heterocycles. The van der Waals surface area contributed by atoms with Gasteiger partial charge in [0.2, 0.25) is 0 Å². The van der Waals surface area contributed by atoms with Crippen LogP contribution in [0.25, 0.3) is 0 Å². The fourth-order valence-corrected chi connectivity index (χ4v) is 0.807. The number of hydrogen-bond donors (Lipinski definition) is 2. The summed E-state index contributed by atoms with van der Waals surface area (Å²) in [6.07, 6.45) is 1.83. The van der Waals surface area contributed by atoms with Gasteiger partial charge in [-0.25, -0.2) is 0 Å². The van der Waals surface area contributed by atoms with E-state index in [2.05, 4.69) is 5.32 Å². The first-order chi connectivity index (χ1) is 3.39. The van der Waals surface area contributed by atoms with Crippen molar-refractivity contribution in [3.8, 4) is 0 Å². The van der Waals surface area contributed by atoms with Gasteiger partial charge in [-0.1, -0.05) is 0 Å². The summed E-state index contributed by atoms with van der Waals surface area (Å²) >= 11 is 0. The van der Waals surface area contributed by atoms with Crippen molar-refractivity contribution in [1.29, 1.82) is 0 Å². The van der Waals surface area contributed by atoms with Crippen LogP contribution in [0.3, 0.4) is 0 Å². The minimum atomic E-state index is -0.0266. The topological polar surface area (TPSA) is 32.3 Å². The molecule has 0 amide bonds. The molecule has 0 atom stereocenters. The fourth-order valence-electron chi connectivity index (χ4n) is 0.807. The van der Waals surface area contributed by atoms with E-state index in [4.69, 9.17) is 5.11 Å². The maximum atomic E-state index is 8.87. The van der Waals surface area contributed by atoms with E-state index in [0.717, 1.165) is 25.9 Å². The van der Waals surface area contributed by atoms with E-state index in [0.29, 0.717) is 0 Å². The monoisotopic (exact) mass is 190 g/mol. The zero-order chi connectivity index (χ0) is 5.11. The molecule has 1 aliphatic heterocycles. The van der Waals surface area contributed by atoms with Crippen LogP contribution in [0.1, 0.15) is 12.8 Å². The van der Waals surface area contributed by atoms with Crippen molar-refractivity contribution in [1.82, 2.24) is 5.32 Å². The fraction of sp³-hybridized carbons (Fsp3) is 1.00.